The minimum atomic E-state index is -3.83. The number of likely N-dealkylation sites (N-methyl/N-ethyl adjacent to an activating group) is 1. The van der Waals surface area contributed by atoms with Gasteiger partial charge in [0.15, 0.2) is 5.82 Å². The van der Waals surface area contributed by atoms with Crippen molar-refractivity contribution in [1.82, 2.24) is 10.0 Å². The highest BCUT2D eigenvalue weighted by Gasteiger charge is 2.21. The molecule has 110 valence electrons. The van der Waals surface area contributed by atoms with E-state index in [1.54, 1.807) is 0 Å². The van der Waals surface area contributed by atoms with Crippen LogP contribution in [0.25, 0.3) is 0 Å². The molecule has 0 atom stereocenters. The van der Waals surface area contributed by atoms with Crippen molar-refractivity contribution in [1.29, 1.82) is 0 Å². The molecule has 0 radical (unpaired) electrons. The number of hydrogen-bond acceptors (Lipinski definition) is 3. The summed E-state index contributed by atoms with van der Waals surface area (Å²) in [4.78, 5) is -0.317. The molecule has 1 aromatic rings. The summed E-state index contributed by atoms with van der Waals surface area (Å²) in [5.74, 6) is -0.937. The molecular formula is C10H14Cl3FN2O2S. The molecule has 4 nitrogen and oxygen atoms in total. The Hall–Kier alpha value is -0.110. The fourth-order valence-electron chi connectivity index (χ4n) is 1.24. The first-order valence-corrected chi connectivity index (χ1v) is 7.48. The number of benzene rings is 1. The third kappa shape index (κ3) is 5.06. The van der Waals surface area contributed by atoms with Gasteiger partial charge in [-0.1, -0.05) is 30.1 Å². The molecule has 1 aromatic carbocycles. The molecule has 0 fully saturated rings. The van der Waals surface area contributed by atoms with Crippen LogP contribution in [0.1, 0.15) is 6.92 Å². The lowest BCUT2D eigenvalue weighted by Crippen LogP contribution is -2.32. The Morgan fingerprint density at radius 3 is 2.47 bits per heavy atom. The SMILES string of the molecule is CCNCCNS(=O)(=O)c1ccc(Cl)c(F)c1Cl.Cl. The molecule has 0 spiro atoms. The molecule has 0 saturated heterocycles. The highest BCUT2D eigenvalue weighted by atomic mass is 35.5. The van der Waals surface area contributed by atoms with Gasteiger partial charge in [0.25, 0.3) is 0 Å². The van der Waals surface area contributed by atoms with Gasteiger partial charge >= 0.3 is 0 Å². The maximum atomic E-state index is 13.4. The number of hydrogen-bond donors (Lipinski definition) is 2. The van der Waals surface area contributed by atoms with Crippen molar-refractivity contribution >= 4 is 45.6 Å². The van der Waals surface area contributed by atoms with E-state index in [4.69, 9.17) is 23.2 Å². The van der Waals surface area contributed by atoms with Gasteiger partial charge in [-0.25, -0.2) is 17.5 Å². The van der Waals surface area contributed by atoms with Crippen molar-refractivity contribution < 1.29 is 12.8 Å². The molecule has 19 heavy (non-hydrogen) atoms. The lowest BCUT2D eigenvalue weighted by Gasteiger charge is -2.09. The van der Waals surface area contributed by atoms with E-state index in [2.05, 4.69) is 10.0 Å². The maximum absolute atomic E-state index is 13.4. The van der Waals surface area contributed by atoms with E-state index in [1.807, 2.05) is 6.92 Å². The summed E-state index contributed by atoms with van der Waals surface area (Å²) < 4.78 is 39.4. The Bertz CT molecular complexity index is 526. The van der Waals surface area contributed by atoms with Gasteiger partial charge in [0, 0.05) is 13.1 Å². The molecule has 0 unspecified atom stereocenters. The molecule has 0 aliphatic rings. The summed E-state index contributed by atoms with van der Waals surface area (Å²) in [5.41, 5.74) is 0. The molecule has 9 heteroatoms. The average molecular weight is 352 g/mol. The van der Waals surface area contributed by atoms with E-state index in [1.165, 1.54) is 6.07 Å². The fourth-order valence-corrected chi connectivity index (χ4v) is 3.02. The van der Waals surface area contributed by atoms with Crippen LogP contribution in [0.4, 0.5) is 4.39 Å². The zero-order chi connectivity index (χ0) is 13.8. The Labute approximate surface area is 128 Å². The van der Waals surface area contributed by atoms with Crippen molar-refractivity contribution in [2.24, 2.45) is 0 Å². The molecule has 0 aliphatic carbocycles. The zero-order valence-corrected chi connectivity index (χ0v) is 13.2. The molecule has 0 saturated carbocycles. The summed E-state index contributed by atoms with van der Waals surface area (Å²) in [7, 11) is -3.83. The van der Waals surface area contributed by atoms with Crippen LogP contribution in [0.2, 0.25) is 10.0 Å². The van der Waals surface area contributed by atoms with Crippen LogP contribution in [0, 0.1) is 5.82 Å². The number of nitrogens with one attached hydrogen (secondary N) is 2. The third-order valence-corrected chi connectivity index (χ3v) is 4.41. The van der Waals surface area contributed by atoms with E-state index in [0.717, 1.165) is 12.6 Å². The number of rotatable bonds is 6. The minimum Gasteiger partial charge on any atom is -0.316 e. The monoisotopic (exact) mass is 350 g/mol. The second-order valence-electron chi connectivity index (χ2n) is 3.42. The van der Waals surface area contributed by atoms with Crippen molar-refractivity contribution in [3.63, 3.8) is 0 Å². The first-order chi connectivity index (χ1) is 8.40. The van der Waals surface area contributed by atoms with Gasteiger partial charge in [-0.3, -0.25) is 0 Å². The zero-order valence-electron chi connectivity index (χ0n) is 10.0. The predicted molar refractivity (Wildman–Crippen MR) is 77.4 cm³/mol. The molecule has 0 aliphatic heterocycles. The first-order valence-electron chi connectivity index (χ1n) is 5.24. The molecule has 0 bridgehead atoms. The minimum absolute atomic E-state index is 0. The van der Waals surface area contributed by atoms with Crippen LogP contribution in [0.15, 0.2) is 17.0 Å². The highest BCUT2D eigenvalue weighted by Crippen LogP contribution is 2.29. The fraction of sp³-hybridized carbons (Fsp3) is 0.400. The normalized spacial score (nSPS) is 11.2. The lowest BCUT2D eigenvalue weighted by atomic mass is 10.3. The Balaban J connectivity index is 0.00000324. The van der Waals surface area contributed by atoms with Crippen molar-refractivity contribution in [3.05, 3.63) is 28.0 Å². The van der Waals surface area contributed by atoms with Gasteiger partial charge in [-0.15, -0.1) is 12.4 Å². The Morgan fingerprint density at radius 2 is 1.89 bits per heavy atom. The molecular weight excluding hydrogens is 338 g/mol. The third-order valence-electron chi connectivity index (χ3n) is 2.13. The molecule has 0 aromatic heterocycles. The van der Waals surface area contributed by atoms with E-state index < -0.39 is 20.9 Å². The smallest absolute Gasteiger partial charge is 0.242 e. The number of sulfonamides is 1. The van der Waals surface area contributed by atoms with Crippen LogP contribution in [-0.2, 0) is 10.0 Å². The largest absolute Gasteiger partial charge is 0.316 e. The quantitative estimate of drug-likeness (QED) is 0.611. The van der Waals surface area contributed by atoms with Crippen LogP contribution in [0.3, 0.4) is 0 Å². The van der Waals surface area contributed by atoms with Crippen molar-refractivity contribution in [2.45, 2.75) is 11.8 Å². The lowest BCUT2D eigenvalue weighted by molar-refractivity contribution is 0.574. The van der Waals surface area contributed by atoms with Crippen LogP contribution in [0.5, 0.6) is 0 Å². The van der Waals surface area contributed by atoms with E-state index in [-0.39, 0.29) is 28.9 Å². The van der Waals surface area contributed by atoms with Crippen molar-refractivity contribution in [3.8, 4) is 0 Å². The standard InChI is InChI=1S/C10H13Cl2FN2O2S.ClH/c1-2-14-5-6-15-18(16,17)8-4-3-7(11)10(13)9(8)12;/h3-4,14-15H,2,5-6H2,1H3;1H. The van der Waals surface area contributed by atoms with Gasteiger partial charge in [0.2, 0.25) is 10.0 Å². The first kappa shape index (κ1) is 18.9. The summed E-state index contributed by atoms with van der Waals surface area (Å²) in [6, 6.07) is 2.32. The molecule has 1 rings (SSSR count). The van der Waals surface area contributed by atoms with E-state index in [9.17, 15) is 12.8 Å². The topological polar surface area (TPSA) is 58.2 Å². The van der Waals surface area contributed by atoms with Crippen LogP contribution < -0.4 is 10.0 Å². The predicted octanol–water partition coefficient (Wildman–Crippen LogP) is 2.44. The number of halogens is 4. The maximum Gasteiger partial charge on any atom is 0.242 e. The summed E-state index contributed by atoms with van der Waals surface area (Å²) in [6.45, 7) is 3.30. The van der Waals surface area contributed by atoms with Gasteiger partial charge in [-0.05, 0) is 18.7 Å². The Morgan fingerprint density at radius 1 is 1.26 bits per heavy atom. The molecule has 0 heterocycles. The van der Waals surface area contributed by atoms with Gasteiger partial charge in [0.05, 0.1) is 10.0 Å². The van der Waals surface area contributed by atoms with E-state index >= 15 is 0 Å². The van der Waals surface area contributed by atoms with Gasteiger partial charge in [-0.2, -0.15) is 0 Å². The second-order valence-corrected chi connectivity index (χ2v) is 5.95. The van der Waals surface area contributed by atoms with Gasteiger partial charge in [0.1, 0.15) is 4.90 Å². The average Bonchev–Trinajstić information content (AvgIpc) is 2.31. The summed E-state index contributed by atoms with van der Waals surface area (Å²) in [6.07, 6.45) is 0. The van der Waals surface area contributed by atoms with Gasteiger partial charge < -0.3 is 5.32 Å². The summed E-state index contributed by atoms with van der Waals surface area (Å²) >= 11 is 11.1. The molecule has 0 amide bonds. The second kappa shape index (κ2) is 8.24. The molecule has 2 N–H and O–H groups in total. The van der Waals surface area contributed by atoms with E-state index in [0.29, 0.717) is 6.54 Å². The van der Waals surface area contributed by atoms with Crippen LogP contribution >= 0.6 is 35.6 Å². The Kier molecular flexibility index (Phi) is 8.19. The van der Waals surface area contributed by atoms with Crippen molar-refractivity contribution in [2.75, 3.05) is 19.6 Å². The van der Waals surface area contributed by atoms with Crippen LogP contribution in [-0.4, -0.2) is 28.1 Å². The highest BCUT2D eigenvalue weighted by molar-refractivity contribution is 7.89. The summed E-state index contributed by atoms with van der Waals surface area (Å²) in [5, 5.41) is 2.23.